The Morgan fingerprint density at radius 3 is 2.38 bits per heavy atom. The number of halogens is 4. The first-order valence-corrected chi connectivity index (χ1v) is 6.16. The zero-order chi connectivity index (χ0) is 15.0. The third-order valence-corrected chi connectivity index (χ3v) is 3.19. The molecule has 0 atom stereocenters. The summed E-state index contributed by atoms with van der Waals surface area (Å²) in [7, 11) is 0. The molecule has 0 fully saturated rings. The molecular formula is C16H9F4O. The van der Waals surface area contributed by atoms with Crippen molar-refractivity contribution in [2.24, 2.45) is 0 Å². The van der Waals surface area contributed by atoms with Gasteiger partial charge >= 0.3 is 6.18 Å². The number of fused-ring (bicyclic) bond motifs is 1. The van der Waals surface area contributed by atoms with Gasteiger partial charge in [0.15, 0.2) is 0 Å². The molecule has 2 aromatic rings. The van der Waals surface area contributed by atoms with E-state index in [9.17, 15) is 17.6 Å². The molecule has 1 aliphatic rings. The molecular weight excluding hydrogens is 284 g/mol. The van der Waals surface area contributed by atoms with Crippen molar-refractivity contribution in [3.8, 4) is 5.75 Å². The van der Waals surface area contributed by atoms with Gasteiger partial charge in [-0.25, -0.2) is 4.39 Å². The minimum atomic E-state index is -4.43. The molecule has 2 aromatic carbocycles. The van der Waals surface area contributed by atoms with Crippen LogP contribution in [0.5, 0.6) is 5.75 Å². The van der Waals surface area contributed by atoms with Crippen LogP contribution in [0.15, 0.2) is 42.5 Å². The van der Waals surface area contributed by atoms with Crippen LogP contribution in [0.4, 0.5) is 17.6 Å². The van der Waals surface area contributed by atoms with Crippen molar-refractivity contribution in [3.63, 3.8) is 0 Å². The monoisotopic (exact) mass is 293 g/mol. The lowest BCUT2D eigenvalue weighted by atomic mass is 9.94. The highest BCUT2D eigenvalue weighted by Crippen LogP contribution is 2.38. The zero-order valence-electron chi connectivity index (χ0n) is 10.7. The van der Waals surface area contributed by atoms with E-state index in [0.29, 0.717) is 22.4 Å². The minimum Gasteiger partial charge on any atom is -0.488 e. The molecule has 1 nitrogen and oxygen atoms in total. The van der Waals surface area contributed by atoms with E-state index >= 15 is 0 Å². The fourth-order valence-electron chi connectivity index (χ4n) is 2.18. The van der Waals surface area contributed by atoms with Crippen LogP contribution in [-0.2, 0) is 6.18 Å². The SMILES string of the molecule is Fc1ccc(C2=[C]COc3ccc(C(F)(F)F)cc32)cc1. The number of rotatable bonds is 1. The van der Waals surface area contributed by atoms with Crippen molar-refractivity contribution in [1.29, 1.82) is 0 Å². The molecule has 0 bridgehead atoms. The quantitative estimate of drug-likeness (QED) is 0.705. The second kappa shape index (κ2) is 4.91. The fraction of sp³-hybridized carbons (Fsp3) is 0.125. The van der Waals surface area contributed by atoms with Gasteiger partial charge in [0.1, 0.15) is 18.2 Å². The van der Waals surface area contributed by atoms with Gasteiger partial charge in [-0.1, -0.05) is 12.1 Å². The van der Waals surface area contributed by atoms with E-state index in [1.54, 1.807) is 0 Å². The van der Waals surface area contributed by atoms with Gasteiger partial charge in [0.05, 0.1) is 5.56 Å². The van der Waals surface area contributed by atoms with Gasteiger partial charge in [-0.15, -0.1) is 0 Å². The summed E-state index contributed by atoms with van der Waals surface area (Å²) in [5, 5.41) is 0. The predicted molar refractivity (Wildman–Crippen MR) is 69.1 cm³/mol. The summed E-state index contributed by atoms with van der Waals surface area (Å²) in [6.45, 7) is 0.144. The molecule has 0 unspecified atom stereocenters. The first-order chi connectivity index (χ1) is 9.95. The Morgan fingerprint density at radius 1 is 1.00 bits per heavy atom. The van der Waals surface area contributed by atoms with Crippen molar-refractivity contribution in [2.75, 3.05) is 6.61 Å². The van der Waals surface area contributed by atoms with Crippen LogP contribution in [0, 0.1) is 11.9 Å². The van der Waals surface area contributed by atoms with E-state index in [1.807, 2.05) is 0 Å². The average Bonchev–Trinajstić information content (AvgIpc) is 2.46. The smallest absolute Gasteiger partial charge is 0.416 e. The van der Waals surface area contributed by atoms with Crippen LogP contribution in [-0.4, -0.2) is 6.61 Å². The van der Waals surface area contributed by atoms with E-state index in [-0.39, 0.29) is 6.61 Å². The van der Waals surface area contributed by atoms with Crippen molar-refractivity contribution in [2.45, 2.75) is 6.18 Å². The third kappa shape index (κ3) is 2.63. The van der Waals surface area contributed by atoms with Gasteiger partial charge < -0.3 is 4.74 Å². The van der Waals surface area contributed by atoms with Crippen LogP contribution in [0.25, 0.3) is 5.57 Å². The predicted octanol–water partition coefficient (Wildman–Crippen LogP) is 4.47. The Bertz CT molecular complexity index is 699. The van der Waals surface area contributed by atoms with Crippen LogP contribution >= 0.6 is 0 Å². The Balaban J connectivity index is 2.10. The maximum atomic E-state index is 13.0. The first kappa shape index (κ1) is 13.7. The lowest BCUT2D eigenvalue weighted by molar-refractivity contribution is -0.137. The third-order valence-electron chi connectivity index (χ3n) is 3.19. The number of benzene rings is 2. The van der Waals surface area contributed by atoms with Crippen LogP contribution in [0.3, 0.4) is 0 Å². The zero-order valence-corrected chi connectivity index (χ0v) is 10.7. The molecule has 5 heteroatoms. The Labute approximate surface area is 118 Å². The van der Waals surface area contributed by atoms with Gasteiger partial charge in [0.2, 0.25) is 0 Å². The fourth-order valence-corrected chi connectivity index (χ4v) is 2.18. The van der Waals surface area contributed by atoms with Crippen LogP contribution in [0.1, 0.15) is 16.7 Å². The van der Waals surface area contributed by atoms with Crippen LogP contribution in [0.2, 0.25) is 0 Å². The van der Waals surface area contributed by atoms with Gasteiger partial charge in [0, 0.05) is 11.6 Å². The highest BCUT2D eigenvalue weighted by atomic mass is 19.4. The second-order valence-corrected chi connectivity index (χ2v) is 4.56. The highest BCUT2D eigenvalue weighted by Gasteiger charge is 2.32. The number of hydrogen-bond donors (Lipinski definition) is 0. The summed E-state index contributed by atoms with van der Waals surface area (Å²) in [5.74, 6) is -0.0447. The highest BCUT2D eigenvalue weighted by molar-refractivity contribution is 5.82. The van der Waals surface area contributed by atoms with E-state index in [4.69, 9.17) is 4.74 Å². The molecule has 1 aliphatic heterocycles. The number of ether oxygens (including phenoxy) is 1. The van der Waals surface area contributed by atoms with Crippen molar-refractivity contribution in [3.05, 3.63) is 71.0 Å². The van der Waals surface area contributed by atoms with E-state index < -0.39 is 17.6 Å². The summed E-state index contributed by atoms with van der Waals surface area (Å²) in [6, 6.07) is 8.83. The summed E-state index contributed by atoms with van der Waals surface area (Å²) >= 11 is 0. The summed E-state index contributed by atoms with van der Waals surface area (Å²) in [5.41, 5.74) is 0.637. The molecule has 0 spiro atoms. The maximum absolute atomic E-state index is 13.0. The summed E-state index contributed by atoms with van der Waals surface area (Å²) < 4.78 is 56.7. The van der Waals surface area contributed by atoms with E-state index in [2.05, 4.69) is 6.08 Å². The lowest BCUT2D eigenvalue weighted by Gasteiger charge is -2.20. The summed E-state index contributed by atoms with van der Waals surface area (Å²) in [4.78, 5) is 0. The first-order valence-electron chi connectivity index (χ1n) is 6.16. The van der Waals surface area contributed by atoms with Gasteiger partial charge in [0.25, 0.3) is 0 Å². The van der Waals surface area contributed by atoms with Gasteiger partial charge in [-0.2, -0.15) is 13.2 Å². The van der Waals surface area contributed by atoms with E-state index in [1.165, 1.54) is 30.3 Å². The van der Waals surface area contributed by atoms with Crippen molar-refractivity contribution >= 4 is 5.57 Å². The van der Waals surface area contributed by atoms with Gasteiger partial charge in [-0.05, 0) is 41.5 Å². The molecule has 0 saturated carbocycles. The largest absolute Gasteiger partial charge is 0.488 e. The molecule has 0 saturated heterocycles. The molecule has 0 aromatic heterocycles. The molecule has 0 aliphatic carbocycles. The lowest BCUT2D eigenvalue weighted by Crippen LogP contribution is -2.10. The molecule has 21 heavy (non-hydrogen) atoms. The summed E-state index contributed by atoms with van der Waals surface area (Å²) in [6.07, 6.45) is -1.54. The molecule has 0 N–H and O–H groups in total. The molecule has 1 radical (unpaired) electrons. The standard InChI is InChI=1S/C16H9F4O/c17-12-4-1-10(2-5-12)13-7-8-21-15-6-3-11(9-14(13)15)16(18,19)20/h1-6,9H,8H2. The van der Waals surface area contributed by atoms with E-state index in [0.717, 1.165) is 12.1 Å². The molecule has 1 heterocycles. The Kier molecular flexibility index (Phi) is 3.20. The molecule has 107 valence electrons. The molecule has 0 amide bonds. The molecule has 3 rings (SSSR count). The van der Waals surface area contributed by atoms with Gasteiger partial charge in [-0.3, -0.25) is 0 Å². The van der Waals surface area contributed by atoms with Crippen molar-refractivity contribution in [1.82, 2.24) is 0 Å². The minimum absolute atomic E-state index is 0.144. The van der Waals surface area contributed by atoms with Crippen molar-refractivity contribution < 1.29 is 22.3 Å². The Hall–Kier alpha value is -2.30. The topological polar surface area (TPSA) is 9.23 Å². The second-order valence-electron chi connectivity index (χ2n) is 4.56. The normalized spacial score (nSPS) is 14.2. The average molecular weight is 293 g/mol. The Morgan fingerprint density at radius 2 is 1.71 bits per heavy atom. The van der Waals surface area contributed by atoms with Crippen LogP contribution < -0.4 is 4.74 Å². The number of alkyl halides is 3. The number of hydrogen-bond acceptors (Lipinski definition) is 1. The maximum Gasteiger partial charge on any atom is 0.416 e.